The zero-order valence-corrected chi connectivity index (χ0v) is 13.6. The number of esters is 2. The number of hydrogen-bond donors (Lipinski definition) is 2. The van der Waals surface area contributed by atoms with Crippen molar-refractivity contribution in [2.75, 3.05) is 19.8 Å². The molecule has 0 atom stereocenters. The number of aliphatic carboxylic acids is 1. The molecule has 0 aromatic heterocycles. The fraction of sp³-hybridized carbons (Fsp3) is 0.786. The topological polar surface area (TPSA) is 173 Å². The Morgan fingerprint density at radius 1 is 0.783 bits per heavy atom. The first-order chi connectivity index (χ1) is 8.69. The Hall–Kier alpha value is -1.71. The molecule has 6 N–H and O–H groups in total. The lowest BCUT2D eigenvalue weighted by Gasteiger charge is -1.89. The smallest absolute Gasteiger partial charge is 0.302 e. The summed E-state index contributed by atoms with van der Waals surface area (Å²) in [7, 11) is 0. The van der Waals surface area contributed by atoms with E-state index in [0.29, 0.717) is 13.2 Å². The van der Waals surface area contributed by atoms with Gasteiger partial charge in [0.15, 0.2) is 0 Å². The van der Waals surface area contributed by atoms with E-state index in [-0.39, 0.29) is 44.4 Å². The average molecular weight is 350 g/mol. The van der Waals surface area contributed by atoms with Crippen LogP contribution in [0.4, 0.5) is 0 Å². The van der Waals surface area contributed by atoms with Crippen LogP contribution < -0.4 is 0 Å². The third kappa shape index (κ3) is 369. The quantitative estimate of drug-likeness (QED) is 0.694. The van der Waals surface area contributed by atoms with Crippen LogP contribution in [-0.2, 0) is 23.9 Å². The van der Waals surface area contributed by atoms with Crippen LogP contribution >= 0.6 is 0 Å². The summed E-state index contributed by atoms with van der Waals surface area (Å²) in [5, 5.41) is 15.0. The lowest BCUT2D eigenvalue weighted by Crippen LogP contribution is -1.95. The molecule has 0 radical (unpaired) electrons. The molecule has 0 aliphatic rings. The van der Waals surface area contributed by atoms with E-state index in [1.54, 1.807) is 20.8 Å². The van der Waals surface area contributed by atoms with Gasteiger partial charge in [0.05, 0.1) is 13.2 Å². The van der Waals surface area contributed by atoms with Crippen LogP contribution in [0.1, 0.15) is 56.4 Å². The highest BCUT2D eigenvalue weighted by molar-refractivity contribution is 5.66. The van der Waals surface area contributed by atoms with Crippen molar-refractivity contribution in [2.24, 2.45) is 0 Å². The van der Waals surface area contributed by atoms with E-state index in [2.05, 4.69) is 9.47 Å². The molecule has 0 fully saturated rings. The monoisotopic (exact) mass is 350 g/mol. The van der Waals surface area contributed by atoms with E-state index in [4.69, 9.17) is 15.0 Å². The number of aliphatic hydroxyl groups excluding tert-OH is 1. The van der Waals surface area contributed by atoms with E-state index >= 15 is 0 Å². The van der Waals surface area contributed by atoms with Gasteiger partial charge in [-0.15, -0.1) is 0 Å². The average Bonchev–Trinajstić information content (AvgIpc) is 2.17. The fourth-order valence-corrected chi connectivity index (χ4v) is 0.407. The third-order valence-corrected chi connectivity index (χ3v) is 0.695. The highest BCUT2D eigenvalue weighted by Crippen LogP contribution is 1.70. The number of carboxylic acids is 1. The number of ether oxygens (including phenoxy) is 2. The predicted octanol–water partition coefficient (Wildman–Crippen LogP) is 0.851. The highest BCUT2D eigenvalue weighted by Gasteiger charge is 1.82. The summed E-state index contributed by atoms with van der Waals surface area (Å²) >= 11 is 0. The second-order valence-electron chi connectivity index (χ2n) is 2.68. The standard InChI is InChI=1S/2C4H8O2.C2H4O2.C2H6O.2CH4.2H2O/c2*1-3-6-4(2)5;1-2(3)4;1-2-3;;;;/h2*3H2,1-2H3;1H3,(H,3,4);3H,2H2,1H3;2*1H4;2*1H2. The molecule has 0 rings (SSSR count). The largest absolute Gasteiger partial charge is 0.481 e. The van der Waals surface area contributed by atoms with Crippen molar-refractivity contribution in [1.29, 1.82) is 0 Å². The fourth-order valence-electron chi connectivity index (χ4n) is 0.407. The lowest BCUT2D eigenvalue weighted by molar-refractivity contribution is -0.141. The van der Waals surface area contributed by atoms with Crippen LogP contribution in [0.5, 0.6) is 0 Å². The van der Waals surface area contributed by atoms with Crippen LogP contribution in [0, 0.1) is 0 Å². The number of aliphatic hydroxyl groups is 1. The first-order valence-electron chi connectivity index (χ1n) is 5.76. The molecule has 0 aliphatic carbocycles. The summed E-state index contributed by atoms with van der Waals surface area (Å²) in [4.78, 5) is 28.6. The van der Waals surface area contributed by atoms with Gasteiger partial charge in [0.1, 0.15) is 0 Å². The van der Waals surface area contributed by atoms with Crippen molar-refractivity contribution in [2.45, 2.75) is 56.4 Å². The van der Waals surface area contributed by atoms with Gasteiger partial charge in [-0.2, -0.15) is 0 Å². The first-order valence-corrected chi connectivity index (χ1v) is 5.76. The maximum Gasteiger partial charge on any atom is 0.302 e. The molecule has 0 spiro atoms. The number of carbonyl (C=O) groups is 3. The van der Waals surface area contributed by atoms with Crippen LogP contribution in [0.15, 0.2) is 0 Å². The molecule has 9 nitrogen and oxygen atoms in total. The maximum atomic E-state index is 9.82. The third-order valence-electron chi connectivity index (χ3n) is 0.695. The van der Waals surface area contributed by atoms with Gasteiger partial charge in [0.25, 0.3) is 5.97 Å². The lowest BCUT2D eigenvalue weighted by atomic mass is 10.8. The number of carboxylic acid groups (broad SMARTS) is 1. The molecule has 0 aromatic rings. The van der Waals surface area contributed by atoms with Gasteiger partial charge in [0, 0.05) is 27.4 Å². The van der Waals surface area contributed by atoms with E-state index in [9.17, 15) is 9.59 Å². The Morgan fingerprint density at radius 2 is 0.913 bits per heavy atom. The number of carbonyl (C=O) groups excluding carboxylic acids is 2. The van der Waals surface area contributed by atoms with Crippen LogP contribution in [0.25, 0.3) is 0 Å². The Labute approximate surface area is 140 Å². The summed E-state index contributed by atoms with van der Waals surface area (Å²) in [5.74, 6) is -1.25. The molecule has 0 aliphatic heterocycles. The van der Waals surface area contributed by atoms with Gasteiger partial charge in [-0.1, -0.05) is 14.9 Å². The van der Waals surface area contributed by atoms with Crippen molar-refractivity contribution in [3.05, 3.63) is 0 Å². The van der Waals surface area contributed by atoms with Gasteiger partial charge in [-0.3, -0.25) is 14.4 Å². The Kier molecular flexibility index (Phi) is 108. The minimum atomic E-state index is -0.833. The molecule has 0 bridgehead atoms. The first kappa shape index (κ1) is 49.6. The van der Waals surface area contributed by atoms with Crippen molar-refractivity contribution in [3.63, 3.8) is 0 Å². The molecule has 0 heterocycles. The summed E-state index contributed by atoms with van der Waals surface area (Å²) in [6.45, 7) is 10.3. The van der Waals surface area contributed by atoms with E-state index in [1.165, 1.54) is 13.8 Å². The Balaban J connectivity index is -0.0000000212. The summed E-state index contributed by atoms with van der Waals surface area (Å²) in [6, 6.07) is 0. The van der Waals surface area contributed by atoms with Crippen LogP contribution in [0.3, 0.4) is 0 Å². The Bertz CT molecular complexity index is 198. The van der Waals surface area contributed by atoms with E-state index < -0.39 is 5.97 Å². The zero-order chi connectivity index (χ0) is 16.3. The van der Waals surface area contributed by atoms with Crippen molar-refractivity contribution in [1.82, 2.24) is 0 Å². The molecular formula is C14H38O9. The summed E-state index contributed by atoms with van der Waals surface area (Å²) in [6.07, 6.45) is 0. The second-order valence-corrected chi connectivity index (χ2v) is 2.68. The van der Waals surface area contributed by atoms with Gasteiger partial charge in [-0.05, 0) is 20.8 Å². The minimum absolute atomic E-state index is 0. The van der Waals surface area contributed by atoms with Gasteiger partial charge in [0.2, 0.25) is 0 Å². The zero-order valence-electron chi connectivity index (χ0n) is 13.6. The molecule has 0 saturated carbocycles. The van der Waals surface area contributed by atoms with Gasteiger partial charge in [-0.25, -0.2) is 0 Å². The molecular weight excluding hydrogens is 312 g/mol. The van der Waals surface area contributed by atoms with Crippen molar-refractivity contribution >= 4 is 17.9 Å². The van der Waals surface area contributed by atoms with E-state index in [1.807, 2.05) is 0 Å². The minimum Gasteiger partial charge on any atom is -0.481 e. The number of hydrogen-bond acceptors (Lipinski definition) is 6. The maximum absolute atomic E-state index is 9.82. The molecule has 0 amide bonds. The van der Waals surface area contributed by atoms with Crippen molar-refractivity contribution < 1.29 is 45.0 Å². The second kappa shape index (κ2) is 50.0. The van der Waals surface area contributed by atoms with Crippen molar-refractivity contribution in [3.8, 4) is 0 Å². The molecule has 148 valence electrons. The highest BCUT2D eigenvalue weighted by atomic mass is 16.5. The molecule has 23 heavy (non-hydrogen) atoms. The molecule has 0 unspecified atom stereocenters. The summed E-state index contributed by atoms with van der Waals surface area (Å²) in [5.41, 5.74) is 0. The normalized spacial score (nSPS) is 5.87. The molecule has 0 saturated heterocycles. The van der Waals surface area contributed by atoms with Gasteiger partial charge >= 0.3 is 11.9 Å². The number of rotatable bonds is 2. The van der Waals surface area contributed by atoms with Crippen LogP contribution in [-0.4, -0.2) is 58.9 Å². The Morgan fingerprint density at radius 3 is 0.913 bits per heavy atom. The molecule has 0 aromatic carbocycles. The molecule has 9 heteroatoms. The van der Waals surface area contributed by atoms with Crippen LogP contribution in [0.2, 0.25) is 0 Å². The SMILES string of the molecule is C.C.CC(=O)O.CCO.CCOC(C)=O.CCOC(C)=O.O.O. The summed E-state index contributed by atoms with van der Waals surface area (Å²) < 4.78 is 8.81. The van der Waals surface area contributed by atoms with Gasteiger partial charge < -0.3 is 30.6 Å². The predicted molar refractivity (Wildman–Crippen MR) is 91.4 cm³/mol. The van der Waals surface area contributed by atoms with E-state index in [0.717, 1.165) is 6.92 Å².